The number of carbonyl (C=O) groups excluding carboxylic acids is 1. The highest BCUT2D eigenvalue weighted by Crippen LogP contribution is 2.23. The Bertz CT molecular complexity index is 1340. The van der Waals surface area contributed by atoms with Crippen molar-refractivity contribution in [2.45, 2.75) is 12.1 Å². The van der Waals surface area contributed by atoms with Gasteiger partial charge in [0.25, 0.3) is 5.56 Å². The average Bonchev–Trinajstić information content (AvgIpc) is 2.76. The molecule has 5 nitrogen and oxygen atoms in total. The Kier molecular flexibility index (Phi) is 5.81. The van der Waals surface area contributed by atoms with Gasteiger partial charge in [0.05, 0.1) is 22.3 Å². The van der Waals surface area contributed by atoms with Gasteiger partial charge in [0.1, 0.15) is 11.6 Å². The number of rotatable bonds is 5. The summed E-state index contributed by atoms with van der Waals surface area (Å²) in [5, 5.41) is 3.32. The lowest BCUT2D eigenvalue weighted by Gasteiger charge is -2.14. The van der Waals surface area contributed by atoms with E-state index in [1.807, 2.05) is 0 Å². The molecular weight excluding hydrogens is 420 g/mol. The molecule has 0 saturated heterocycles. The Morgan fingerprint density at radius 3 is 2.55 bits per heavy atom. The second-order valence-electron chi connectivity index (χ2n) is 6.83. The maximum absolute atomic E-state index is 14.2. The second kappa shape index (κ2) is 8.69. The average molecular weight is 437 g/mol. The predicted molar refractivity (Wildman–Crippen MR) is 118 cm³/mol. The number of nitrogens with zero attached hydrogens (tertiary/aromatic N) is 2. The van der Waals surface area contributed by atoms with Crippen molar-refractivity contribution >= 4 is 34.3 Å². The van der Waals surface area contributed by atoms with Crippen LogP contribution in [-0.2, 0) is 4.79 Å². The van der Waals surface area contributed by atoms with Crippen molar-refractivity contribution in [1.82, 2.24) is 9.55 Å². The van der Waals surface area contributed by atoms with E-state index in [4.69, 9.17) is 0 Å². The zero-order valence-electron chi connectivity index (χ0n) is 16.4. The number of thioether (sulfide) groups is 1. The van der Waals surface area contributed by atoms with Crippen LogP contribution in [0.1, 0.15) is 5.56 Å². The summed E-state index contributed by atoms with van der Waals surface area (Å²) in [7, 11) is 0. The van der Waals surface area contributed by atoms with E-state index in [9.17, 15) is 18.4 Å². The number of benzene rings is 3. The molecule has 0 aliphatic heterocycles. The van der Waals surface area contributed by atoms with Gasteiger partial charge in [0.15, 0.2) is 5.16 Å². The third kappa shape index (κ3) is 4.49. The number of hydrogen-bond donors (Lipinski definition) is 1. The Morgan fingerprint density at radius 2 is 1.81 bits per heavy atom. The van der Waals surface area contributed by atoms with Gasteiger partial charge in [-0.25, -0.2) is 13.8 Å². The molecule has 0 fully saturated rings. The summed E-state index contributed by atoms with van der Waals surface area (Å²) in [5.41, 5.74) is 1.37. The molecule has 0 atom stereocenters. The van der Waals surface area contributed by atoms with Crippen molar-refractivity contribution in [1.29, 1.82) is 0 Å². The van der Waals surface area contributed by atoms with Gasteiger partial charge in [-0.05, 0) is 61.0 Å². The minimum absolute atomic E-state index is 0.0451. The summed E-state index contributed by atoms with van der Waals surface area (Å²) < 4.78 is 28.5. The van der Waals surface area contributed by atoms with Crippen LogP contribution in [0, 0.1) is 18.6 Å². The van der Waals surface area contributed by atoms with Crippen molar-refractivity contribution in [3.05, 3.63) is 94.3 Å². The molecule has 0 unspecified atom stereocenters. The molecule has 0 aliphatic carbocycles. The number of fused-ring (bicyclic) bond motifs is 1. The standard InChI is InChI=1S/C23H17F2N3O2S/c1-14-6-11-17(12-19(14)25)28-22(30)18-4-2-3-5-20(18)27-23(28)31-13-21(29)26-16-9-7-15(24)8-10-16/h2-12H,13H2,1H3,(H,26,29). The fraction of sp³-hybridized carbons (Fsp3) is 0.0870. The molecule has 0 spiro atoms. The van der Waals surface area contributed by atoms with Gasteiger partial charge < -0.3 is 5.32 Å². The highest BCUT2D eigenvalue weighted by atomic mass is 32.2. The monoisotopic (exact) mass is 437 g/mol. The van der Waals surface area contributed by atoms with E-state index in [1.165, 1.54) is 34.9 Å². The quantitative estimate of drug-likeness (QED) is 0.363. The first kappa shape index (κ1) is 20.7. The Hall–Kier alpha value is -3.52. The number of amides is 1. The summed E-state index contributed by atoms with van der Waals surface area (Å²) in [4.78, 5) is 30.1. The number of halogens is 2. The normalized spacial score (nSPS) is 10.9. The Labute approximate surface area is 180 Å². The van der Waals surface area contributed by atoms with Crippen molar-refractivity contribution in [3.8, 4) is 5.69 Å². The van der Waals surface area contributed by atoms with Crippen molar-refractivity contribution in [2.75, 3.05) is 11.1 Å². The van der Waals surface area contributed by atoms with Gasteiger partial charge in [-0.1, -0.05) is 30.0 Å². The maximum atomic E-state index is 14.2. The molecule has 8 heteroatoms. The van der Waals surface area contributed by atoms with Crippen LogP contribution in [0.5, 0.6) is 0 Å². The zero-order chi connectivity index (χ0) is 22.0. The molecule has 3 aromatic carbocycles. The molecular formula is C23H17F2N3O2S. The minimum Gasteiger partial charge on any atom is -0.325 e. The molecule has 0 saturated carbocycles. The molecule has 156 valence electrons. The predicted octanol–water partition coefficient (Wildman–Crippen LogP) is 4.70. The molecule has 1 aromatic heterocycles. The van der Waals surface area contributed by atoms with E-state index < -0.39 is 11.6 Å². The Morgan fingerprint density at radius 1 is 1.06 bits per heavy atom. The van der Waals surface area contributed by atoms with Crippen LogP contribution in [0.15, 0.2) is 76.7 Å². The highest BCUT2D eigenvalue weighted by molar-refractivity contribution is 7.99. The van der Waals surface area contributed by atoms with Crippen LogP contribution in [0.25, 0.3) is 16.6 Å². The van der Waals surface area contributed by atoms with E-state index >= 15 is 0 Å². The molecule has 1 N–H and O–H groups in total. The number of nitrogens with one attached hydrogen (secondary N) is 1. The van der Waals surface area contributed by atoms with E-state index in [2.05, 4.69) is 10.3 Å². The van der Waals surface area contributed by atoms with Crippen molar-refractivity contribution in [3.63, 3.8) is 0 Å². The van der Waals surface area contributed by atoms with Crippen LogP contribution in [0.4, 0.5) is 14.5 Å². The summed E-state index contributed by atoms with van der Waals surface area (Å²) in [6.07, 6.45) is 0. The largest absolute Gasteiger partial charge is 0.325 e. The van der Waals surface area contributed by atoms with E-state index in [0.717, 1.165) is 11.8 Å². The molecule has 31 heavy (non-hydrogen) atoms. The first-order valence-electron chi connectivity index (χ1n) is 9.39. The van der Waals surface area contributed by atoms with Gasteiger partial charge in [-0.15, -0.1) is 0 Å². The number of para-hydroxylation sites is 1. The molecule has 0 radical (unpaired) electrons. The Balaban J connectivity index is 1.68. The van der Waals surface area contributed by atoms with Crippen molar-refractivity contribution in [2.24, 2.45) is 0 Å². The third-order valence-corrected chi connectivity index (χ3v) is 5.56. The second-order valence-corrected chi connectivity index (χ2v) is 7.77. The van der Waals surface area contributed by atoms with Crippen LogP contribution in [0.2, 0.25) is 0 Å². The van der Waals surface area contributed by atoms with Gasteiger partial charge in [-0.2, -0.15) is 0 Å². The molecule has 4 aromatic rings. The van der Waals surface area contributed by atoms with Gasteiger partial charge in [0, 0.05) is 5.69 Å². The van der Waals surface area contributed by atoms with Crippen LogP contribution >= 0.6 is 11.8 Å². The summed E-state index contributed by atoms with van der Waals surface area (Å²) in [5.74, 6) is -1.23. The molecule has 0 bridgehead atoms. The van der Waals surface area contributed by atoms with Crippen LogP contribution in [0.3, 0.4) is 0 Å². The van der Waals surface area contributed by atoms with E-state index in [1.54, 1.807) is 43.3 Å². The third-order valence-electron chi connectivity index (χ3n) is 4.62. The molecule has 1 heterocycles. The van der Waals surface area contributed by atoms with E-state index in [-0.39, 0.29) is 22.4 Å². The van der Waals surface area contributed by atoms with Gasteiger partial charge >= 0.3 is 0 Å². The SMILES string of the molecule is Cc1ccc(-n2c(SCC(=O)Nc3ccc(F)cc3)nc3ccccc3c2=O)cc1F. The fourth-order valence-corrected chi connectivity index (χ4v) is 3.83. The van der Waals surface area contributed by atoms with Crippen LogP contribution in [-0.4, -0.2) is 21.2 Å². The van der Waals surface area contributed by atoms with Gasteiger partial charge in [-0.3, -0.25) is 14.2 Å². The number of aromatic nitrogens is 2. The molecule has 1 amide bonds. The lowest BCUT2D eigenvalue weighted by molar-refractivity contribution is -0.113. The number of carbonyl (C=O) groups is 1. The summed E-state index contributed by atoms with van der Waals surface area (Å²) in [6, 6.07) is 16.8. The number of anilines is 1. The lowest BCUT2D eigenvalue weighted by atomic mass is 10.2. The number of aryl methyl sites for hydroxylation is 1. The van der Waals surface area contributed by atoms with Crippen molar-refractivity contribution < 1.29 is 13.6 Å². The first-order chi connectivity index (χ1) is 14.9. The maximum Gasteiger partial charge on any atom is 0.266 e. The minimum atomic E-state index is -0.442. The van der Waals surface area contributed by atoms with Crippen LogP contribution < -0.4 is 10.9 Å². The van der Waals surface area contributed by atoms with E-state index in [0.29, 0.717) is 27.8 Å². The summed E-state index contributed by atoms with van der Waals surface area (Å²) in [6.45, 7) is 1.63. The topological polar surface area (TPSA) is 64.0 Å². The smallest absolute Gasteiger partial charge is 0.266 e. The molecule has 0 aliphatic rings. The summed E-state index contributed by atoms with van der Waals surface area (Å²) >= 11 is 1.05. The zero-order valence-corrected chi connectivity index (χ0v) is 17.2. The molecule has 4 rings (SSSR count). The fourth-order valence-electron chi connectivity index (χ4n) is 3.02. The first-order valence-corrected chi connectivity index (χ1v) is 10.4. The highest BCUT2D eigenvalue weighted by Gasteiger charge is 2.16. The lowest BCUT2D eigenvalue weighted by Crippen LogP contribution is -2.23. The number of hydrogen-bond acceptors (Lipinski definition) is 4. The van der Waals surface area contributed by atoms with Gasteiger partial charge in [0.2, 0.25) is 5.91 Å².